The predicted octanol–water partition coefficient (Wildman–Crippen LogP) is 3.13. The molecule has 0 unspecified atom stereocenters. The number of benzene rings is 2. The Morgan fingerprint density at radius 1 is 0.812 bits per heavy atom. The van der Waals surface area contributed by atoms with Crippen LogP contribution >= 0.6 is 0 Å². The Kier molecular flexibility index (Phi) is 3.56. The standard InChI is InChI=1S/C14H11OSi/c15-16-11-14(12-7-3-1-4-8-12)13-9-5-2-6-10-13/h1-11H. The molecule has 0 saturated heterocycles. The zero-order valence-corrected chi connectivity index (χ0v) is 9.76. The molecular formula is C14H11OSi. The van der Waals surface area contributed by atoms with Crippen LogP contribution in [0.4, 0.5) is 0 Å². The van der Waals surface area contributed by atoms with Crippen molar-refractivity contribution < 1.29 is 4.46 Å². The fourth-order valence-corrected chi connectivity index (χ4v) is 2.08. The van der Waals surface area contributed by atoms with Gasteiger partial charge in [0, 0.05) is 0 Å². The van der Waals surface area contributed by atoms with Crippen LogP contribution in [0, 0.1) is 0 Å². The fraction of sp³-hybridized carbons (Fsp3) is 0. The zero-order valence-electron chi connectivity index (χ0n) is 8.76. The Morgan fingerprint density at radius 2 is 1.25 bits per heavy atom. The van der Waals surface area contributed by atoms with Crippen molar-refractivity contribution >= 4 is 15.0 Å². The molecule has 0 aliphatic carbocycles. The van der Waals surface area contributed by atoms with E-state index in [1.807, 2.05) is 60.7 Å². The molecule has 0 atom stereocenters. The van der Waals surface area contributed by atoms with E-state index in [4.69, 9.17) is 0 Å². The summed E-state index contributed by atoms with van der Waals surface area (Å²) in [7, 11) is -0.423. The summed E-state index contributed by atoms with van der Waals surface area (Å²) in [5.41, 5.74) is 4.97. The van der Waals surface area contributed by atoms with Gasteiger partial charge in [0.1, 0.15) is 0 Å². The van der Waals surface area contributed by atoms with Crippen LogP contribution in [0.5, 0.6) is 0 Å². The minimum absolute atomic E-state index is 0.423. The van der Waals surface area contributed by atoms with E-state index >= 15 is 0 Å². The van der Waals surface area contributed by atoms with Crippen molar-refractivity contribution in [1.82, 2.24) is 0 Å². The van der Waals surface area contributed by atoms with Crippen LogP contribution < -0.4 is 0 Å². The van der Waals surface area contributed by atoms with Crippen molar-refractivity contribution in [3.63, 3.8) is 0 Å². The molecule has 2 rings (SSSR count). The van der Waals surface area contributed by atoms with Crippen molar-refractivity contribution in [2.45, 2.75) is 0 Å². The Balaban J connectivity index is 2.48. The van der Waals surface area contributed by atoms with Crippen LogP contribution in [-0.4, -0.2) is 9.41 Å². The molecule has 0 aliphatic heterocycles. The second kappa shape index (κ2) is 5.33. The van der Waals surface area contributed by atoms with Gasteiger partial charge in [-0.15, -0.1) is 0 Å². The third-order valence-corrected chi connectivity index (χ3v) is 2.78. The zero-order chi connectivity index (χ0) is 11.2. The van der Waals surface area contributed by atoms with E-state index in [2.05, 4.69) is 0 Å². The van der Waals surface area contributed by atoms with Gasteiger partial charge in [-0.3, -0.25) is 0 Å². The van der Waals surface area contributed by atoms with Gasteiger partial charge in [0.05, 0.1) is 0 Å². The second-order valence-electron chi connectivity index (χ2n) is 3.41. The number of rotatable bonds is 3. The molecule has 1 nitrogen and oxygen atoms in total. The maximum absolute atomic E-state index is 10.8. The van der Waals surface area contributed by atoms with Crippen molar-refractivity contribution in [2.75, 3.05) is 0 Å². The Labute approximate surface area is 97.3 Å². The summed E-state index contributed by atoms with van der Waals surface area (Å²) in [6.45, 7) is 0. The summed E-state index contributed by atoms with van der Waals surface area (Å²) in [6, 6.07) is 20.0. The fourth-order valence-electron chi connectivity index (χ4n) is 1.63. The van der Waals surface area contributed by atoms with Gasteiger partial charge < -0.3 is 4.46 Å². The highest BCUT2D eigenvalue weighted by atomic mass is 28.2. The molecule has 0 amide bonds. The highest BCUT2D eigenvalue weighted by molar-refractivity contribution is 6.28. The van der Waals surface area contributed by atoms with E-state index in [1.54, 1.807) is 5.70 Å². The van der Waals surface area contributed by atoms with Gasteiger partial charge in [-0.05, 0) is 22.4 Å². The van der Waals surface area contributed by atoms with Crippen LogP contribution in [0.3, 0.4) is 0 Å². The quantitative estimate of drug-likeness (QED) is 0.731. The average Bonchev–Trinajstić information content (AvgIpc) is 2.38. The van der Waals surface area contributed by atoms with Gasteiger partial charge >= 0.3 is 9.41 Å². The van der Waals surface area contributed by atoms with E-state index in [9.17, 15) is 4.46 Å². The first kappa shape index (κ1) is 10.7. The van der Waals surface area contributed by atoms with Gasteiger partial charge in [0.2, 0.25) is 0 Å². The van der Waals surface area contributed by atoms with E-state index in [-0.39, 0.29) is 0 Å². The molecule has 16 heavy (non-hydrogen) atoms. The summed E-state index contributed by atoms with van der Waals surface area (Å²) in [5, 5.41) is 0. The predicted molar refractivity (Wildman–Crippen MR) is 66.4 cm³/mol. The lowest BCUT2D eigenvalue weighted by Crippen LogP contribution is -1.88. The van der Waals surface area contributed by atoms with Crippen LogP contribution in [-0.2, 0) is 4.46 Å². The average molecular weight is 223 g/mol. The Bertz CT molecular complexity index is 447. The minimum Gasteiger partial charge on any atom is -0.379 e. The molecule has 2 heteroatoms. The smallest absolute Gasteiger partial charge is 0.358 e. The van der Waals surface area contributed by atoms with Crippen LogP contribution in [0.2, 0.25) is 0 Å². The van der Waals surface area contributed by atoms with Gasteiger partial charge in [-0.2, -0.15) is 0 Å². The van der Waals surface area contributed by atoms with Gasteiger partial charge in [0.25, 0.3) is 0 Å². The third kappa shape index (κ3) is 2.41. The Morgan fingerprint density at radius 3 is 1.62 bits per heavy atom. The molecule has 0 fully saturated rings. The summed E-state index contributed by atoms with van der Waals surface area (Å²) < 4.78 is 10.8. The van der Waals surface area contributed by atoms with E-state index in [0.29, 0.717) is 0 Å². The third-order valence-electron chi connectivity index (χ3n) is 2.37. The van der Waals surface area contributed by atoms with Gasteiger partial charge in [0.15, 0.2) is 0 Å². The summed E-state index contributed by atoms with van der Waals surface area (Å²) in [6.07, 6.45) is 0. The molecule has 0 spiro atoms. The lowest BCUT2D eigenvalue weighted by molar-refractivity contribution is 0.583. The Hall–Kier alpha value is -1.80. The molecule has 2 aromatic rings. The summed E-state index contributed by atoms with van der Waals surface area (Å²) in [5.74, 6) is 0. The lowest BCUT2D eigenvalue weighted by Gasteiger charge is -2.06. The summed E-state index contributed by atoms with van der Waals surface area (Å²) >= 11 is 0. The summed E-state index contributed by atoms with van der Waals surface area (Å²) in [4.78, 5) is 0. The lowest BCUT2D eigenvalue weighted by atomic mass is 10.00. The SMILES string of the molecule is O=[Si]C=C(c1ccccc1)c1ccccc1. The molecule has 77 valence electrons. The molecule has 0 aromatic heterocycles. The topological polar surface area (TPSA) is 17.1 Å². The van der Waals surface area contributed by atoms with Crippen LogP contribution in [0.1, 0.15) is 11.1 Å². The molecule has 2 aromatic carbocycles. The van der Waals surface area contributed by atoms with Gasteiger partial charge in [-0.1, -0.05) is 60.7 Å². The van der Waals surface area contributed by atoms with E-state index in [1.165, 1.54) is 0 Å². The maximum atomic E-state index is 10.8. The van der Waals surface area contributed by atoms with Gasteiger partial charge in [-0.25, -0.2) is 0 Å². The van der Waals surface area contributed by atoms with Crippen molar-refractivity contribution in [3.8, 4) is 0 Å². The number of hydrogen-bond acceptors (Lipinski definition) is 1. The van der Waals surface area contributed by atoms with Crippen molar-refractivity contribution in [2.24, 2.45) is 0 Å². The normalized spacial score (nSPS) is 9.50. The first-order valence-electron chi connectivity index (χ1n) is 5.10. The van der Waals surface area contributed by atoms with Crippen molar-refractivity contribution in [1.29, 1.82) is 0 Å². The molecular weight excluding hydrogens is 212 g/mol. The van der Waals surface area contributed by atoms with Crippen LogP contribution in [0.15, 0.2) is 66.4 Å². The molecule has 1 radical (unpaired) electrons. The first-order chi connectivity index (χ1) is 7.92. The minimum atomic E-state index is -0.423. The molecule has 0 N–H and O–H groups in total. The van der Waals surface area contributed by atoms with E-state index < -0.39 is 9.41 Å². The molecule has 0 saturated carbocycles. The highest BCUT2D eigenvalue weighted by Crippen LogP contribution is 2.21. The van der Waals surface area contributed by atoms with Crippen molar-refractivity contribution in [3.05, 3.63) is 77.5 Å². The monoisotopic (exact) mass is 223 g/mol. The number of hydrogen-bond donors (Lipinski definition) is 0. The van der Waals surface area contributed by atoms with E-state index in [0.717, 1.165) is 16.7 Å². The molecule has 0 bridgehead atoms. The largest absolute Gasteiger partial charge is 0.379 e. The second-order valence-corrected chi connectivity index (χ2v) is 3.93. The maximum Gasteiger partial charge on any atom is 0.358 e. The molecule has 0 aliphatic rings. The molecule has 0 heterocycles. The first-order valence-corrected chi connectivity index (χ1v) is 6.09. The van der Waals surface area contributed by atoms with Crippen LogP contribution in [0.25, 0.3) is 5.57 Å². The highest BCUT2D eigenvalue weighted by Gasteiger charge is 2.02.